The van der Waals surface area contributed by atoms with Crippen LogP contribution in [0.25, 0.3) is 0 Å². The SMILES string of the molecule is Cc1ccc([C@@H]2[C@@H]3C(=O)N(c4c(Cl)cccc4Cl)C(=O)[C@H]3N3CCCN23)cc1. The molecule has 2 aromatic rings. The Bertz CT molecular complexity index is 958. The predicted molar refractivity (Wildman–Crippen MR) is 108 cm³/mol. The van der Waals surface area contributed by atoms with Gasteiger partial charge in [-0.1, -0.05) is 59.1 Å². The first-order valence-corrected chi connectivity index (χ1v) is 10.2. The molecule has 3 saturated heterocycles. The van der Waals surface area contributed by atoms with Crippen molar-refractivity contribution in [2.45, 2.75) is 25.4 Å². The molecule has 5 nitrogen and oxygen atoms in total. The highest BCUT2D eigenvalue weighted by atomic mass is 35.5. The Morgan fingerprint density at radius 2 is 1.46 bits per heavy atom. The van der Waals surface area contributed by atoms with Crippen molar-refractivity contribution in [3.05, 3.63) is 63.6 Å². The van der Waals surface area contributed by atoms with E-state index >= 15 is 0 Å². The number of rotatable bonds is 2. The van der Waals surface area contributed by atoms with Gasteiger partial charge in [-0.2, -0.15) is 0 Å². The molecule has 3 aliphatic rings. The first kappa shape index (κ1) is 18.1. The van der Waals surface area contributed by atoms with Gasteiger partial charge in [0.05, 0.1) is 27.7 Å². The van der Waals surface area contributed by atoms with Crippen LogP contribution in [0.1, 0.15) is 23.6 Å². The van der Waals surface area contributed by atoms with Crippen molar-refractivity contribution in [1.29, 1.82) is 0 Å². The Morgan fingerprint density at radius 1 is 0.857 bits per heavy atom. The second kappa shape index (κ2) is 6.56. The topological polar surface area (TPSA) is 43.9 Å². The average molecular weight is 416 g/mol. The minimum Gasteiger partial charge on any atom is -0.274 e. The fourth-order valence-corrected chi connectivity index (χ4v) is 5.37. The number of para-hydroxylation sites is 1. The maximum Gasteiger partial charge on any atom is 0.253 e. The number of fused-ring (bicyclic) bond motifs is 3. The van der Waals surface area contributed by atoms with Gasteiger partial charge in [0.2, 0.25) is 5.91 Å². The molecule has 2 aromatic carbocycles. The van der Waals surface area contributed by atoms with E-state index in [0.717, 1.165) is 30.6 Å². The van der Waals surface area contributed by atoms with Gasteiger partial charge in [0.15, 0.2) is 0 Å². The van der Waals surface area contributed by atoms with Crippen molar-refractivity contribution in [2.24, 2.45) is 5.92 Å². The van der Waals surface area contributed by atoms with Crippen molar-refractivity contribution in [3.8, 4) is 0 Å². The summed E-state index contributed by atoms with van der Waals surface area (Å²) in [6.07, 6.45) is 0.972. The van der Waals surface area contributed by atoms with Crippen LogP contribution in [0.4, 0.5) is 5.69 Å². The van der Waals surface area contributed by atoms with E-state index in [1.165, 1.54) is 4.90 Å². The Morgan fingerprint density at radius 3 is 2.11 bits per heavy atom. The van der Waals surface area contributed by atoms with Gasteiger partial charge < -0.3 is 0 Å². The summed E-state index contributed by atoms with van der Waals surface area (Å²) in [4.78, 5) is 28.1. The smallest absolute Gasteiger partial charge is 0.253 e. The summed E-state index contributed by atoms with van der Waals surface area (Å²) in [5.74, 6) is -0.945. The normalized spacial score (nSPS) is 27.5. The first-order valence-electron chi connectivity index (χ1n) is 9.40. The van der Waals surface area contributed by atoms with Crippen LogP contribution in [-0.4, -0.2) is 41.0 Å². The Balaban J connectivity index is 1.62. The molecule has 28 heavy (non-hydrogen) atoms. The third-order valence-electron chi connectivity index (χ3n) is 5.99. The van der Waals surface area contributed by atoms with Gasteiger partial charge in [-0.15, -0.1) is 0 Å². The highest BCUT2D eigenvalue weighted by molar-refractivity contribution is 6.42. The van der Waals surface area contributed by atoms with Crippen LogP contribution >= 0.6 is 23.2 Å². The lowest BCUT2D eigenvalue weighted by molar-refractivity contribution is -0.126. The molecule has 0 unspecified atom stereocenters. The van der Waals surface area contributed by atoms with E-state index in [9.17, 15) is 9.59 Å². The lowest BCUT2D eigenvalue weighted by atomic mass is 9.89. The highest BCUT2D eigenvalue weighted by Crippen LogP contribution is 2.50. The standard InChI is InChI=1S/C21H19Cl2N3O2/c1-12-6-8-13(9-7-12)17-16-19(25-11-3-10-24(17)25)21(28)26(20(16)27)18-14(22)4-2-5-15(18)23/h2,4-9,16-17,19H,3,10-11H2,1H3/t16-,17+,19-/m0/s1. The van der Waals surface area contributed by atoms with E-state index in [4.69, 9.17) is 23.2 Å². The minimum atomic E-state index is -0.506. The summed E-state index contributed by atoms with van der Waals surface area (Å²) in [5, 5.41) is 4.88. The highest BCUT2D eigenvalue weighted by Gasteiger charge is 2.63. The van der Waals surface area contributed by atoms with Crippen LogP contribution in [0.3, 0.4) is 0 Å². The molecule has 0 bridgehead atoms. The van der Waals surface area contributed by atoms with E-state index in [2.05, 4.69) is 22.2 Å². The summed E-state index contributed by atoms with van der Waals surface area (Å²) < 4.78 is 0. The molecule has 2 amide bonds. The monoisotopic (exact) mass is 415 g/mol. The van der Waals surface area contributed by atoms with Crippen LogP contribution in [0, 0.1) is 12.8 Å². The lowest BCUT2D eigenvalue weighted by Crippen LogP contribution is -2.44. The largest absolute Gasteiger partial charge is 0.274 e. The lowest BCUT2D eigenvalue weighted by Gasteiger charge is -2.30. The summed E-state index contributed by atoms with van der Waals surface area (Å²) in [5.41, 5.74) is 2.51. The van der Waals surface area contributed by atoms with Gasteiger partial charge in [-0.3, -0.25) is 9.59 Å². The number of hydrogen-bond donors (Lipinski definition) is 0. The molecule has 0 spiro atoms. The minimum absolute atomic E-state index is 0.157. The molecule has 0 saturated carbocycles. The quantitative estimate of drug-likeness (QED) is 0.698. The zero-order valence-electron chi connectivity index (χ0n) is 15.3. The molecule has 0 N–H and O–H groups in total. The third kappa shape index (κ3) is 2.47. The molecule has 0 aliphatic carbocycles. The van der Waals surface area contributed by atoms with Crippen LogP contribution in [0.5, 0.6) is 0 Å². The number of hydrazine groups is 1. The Hall–Kier alpha value is -1.92. The molecule has 0 radical (unpaired) electrons. The van der Waals surface area contributed by atoms with Crippen LogP contribution < -0.4 is 4.90 Å². The second-order valence-electron chi connectivity index (χ2n) is 7.59. The van der Waals surface area contributed by atoms with E-state index < -0.39 is 12.0 Å². The van der Waals surface area contributed by atoms with Gasteiger partial charge in [0.1, 0.15) is 6.04 Å². The summed E-state index contributed by atoms with van der Waals surface area (Å²) in [7, 11) is 0. The van der Waals surface area contributed by atoms with Gasteiger partial charge in [0.25, 0.3) is 5.91 Å². The Labute approximate surface area is 173 Å². The molecule has 0 aromatic heterocycles. The number of carbonyl (C=O) groups excluding carboxylic acids is 2. The van der Waals surface area contributed by atoms with Crippen molar-refractivity contribution in [2.75, 3.05) is 18.0 Å². The van der Waals surface area contributed by atoms with Crippen molar-refractivity contribution in [1.82, 2.24) is 10.0 Å². The fraction of sp³-hybridized carbons (Fsp3) is 0.333. The van der Waals surface area contributed by atoms with E-state index in [1.807, 2.05) is 19.1 Å². The number of anilines is 1. The molecule has 7 heteroatoms. The van der Waals surface area contributed by atoms with Gasteiger partial charge >= 0.3 is 0 Å². The predicted octanol–water partition coefficient (Wildman–Crippen LogP) is 3.84. The summed E-state index contributed by atoms with van der Waals surface area (Å²) >= 11 is 12.6. The molecular formula is C21H19Cl2N3O2. The van der Waals surface area contributed by atoms with Crippen LogP contribution in [0.2, 0.25) is 10.0 Å². The van der Waals surface area contributed by atoms with Crippen molar-refractivity contribution >= 4 is 40.7 Å². The van der Waals surface area contributed by atoms with Crippen LogP contribution in [-0.2, 0) is 9.59 Å². The van der Waals surface area contributed by atoms with E-state index in [1.54, 1.807) is 18.2 Å². The third-order valence-corrected chi connectivity index (χ3v) is 6.60. The van der Waals surface area contributed by atoms with Gasteiger partial charge in [-0.05, 0) is 31.0 Å². The first-order chi connectivity index (χ1) is 13.5. The zero-order chi connectivity index (χ0) is 19.6. The number of imide groups is 1. The number of halogens is 2. The number of hydrogen-bond acceptors (Lipinski definition) is 4. The van der Waals surface area contributed by atoms with Gasteiger partial charge in [-0.25, -0.2) is 14.9 Å². The molecule has 3 heterocycles. The van der Waals surface area contributed by atoms with Gasteiger partial charge in [0, 0.05) is 13.1 Å². The number of aryl methyl sites for hydroxylation is 1. The number of benzene rings is 2. The van der Waals surface area contributed by atoms with E-state index in [-0.39, 0.29) is 17.9 Å². The van der Waals surface area contributed by atoms with E-state index in [0.29, 0.717) is 15.7 Å². The summed E-state index contributed by atoms with van der Waals surface area (Å²) in [6, 6.07) is 12.6. The maximum absolute atomic E-state index is 13.5. The van der Waals surface area contributed by atoms with Crippen molar-refractivity contribution in [3.63, 3.8) is 0 Å². The Kier molecular flexibility index (Phi) is 4.25. The zero-order valence-corrected chi connectivity index (χ0v) is 16.8. The molecular weight excluding hydrogens is 397 g/mol. The molecule has 5 rings (SSSR count). The number of nitrogens with zero attached hydrogens (tertiary/aromatic N) is 3. The number of amides is 2. The molecule has 3 atom stereocenters. The molecule has 3 fully saturated rings. The van der Waals surface area contributed by atoms with Crippen LogP contribution in [0.15, 0.2) is 42.5 Å². The molecule has 3 aliphatic heterocycles. The number of carbonyl (C=O) groups is 2. The average Bonchev–Trinajstić information content (AvgIpc) is 3.30. The summed E-state index contributed by atoms with van der Waals surface area (Å²) in [6.45, 7) is 3.65. The fourth-order valence-electron chi connectivity index (χ4n) is 4.80. The molecule has 144 valence electrons. The van der Waals surface area contributed by atoms with Crippen molar-refractivity contribution < 1.29 is 9.59 Å². The second-order valence-corrected chi connectivity index (χ2v) is 8.40. The maximum atomic E-state index is 13.5.